The van der Waals surface area contributed by atoms with Gasteiger partial charge >= 0.3 is 6.09 Å². The van der Waals surface area contributed by atoms with E-state index in [9.17, 15) is 4.79 Å². The highest BCUT2D eigenvalue weighted by atomic mass is 16.6. The second kappa shape index (κ2) is 6.66. The summed E-state index contributed by atoms with van der Waals surface area (Å²) in [5, 5.41) is 0. The quantitative estimate of drug-likeness (QED) is 0.641. The van der Waals surface area contributed by atoms with E-state index in [1.165, 1.54) is 0 Å². The van der Waals surface area contributed by atoms with E-state index in [1.54, 1.807) is 11.1 Å². The molecule has 1 aromatic heterocycles. The molecule has 1 aliphatic heterocycles. The van der Waals surface area contributed by atoms with Crippen LogP contribution in [-0.4, -0.2) is 45.3 Å². The summed E-state index contributed by atoms with van der Waals surface area (Å²) >= 11 is 0. The van der Waals surface area contributed by atoms with E-state index in [1.807, 2.05) is 38.6 Å². The van der Waals surface area contributed by atoms with Crippen molar-refractivity contribution in [3.05, 3.63) is 18.2 Å². The van der Waals surface area contributed by atoms with Crippen LogP contribution in [0.2, 0.25) is 0 Å². The third kappa shape index (κ3) is 4.20. The zero-order valence-electron chi connectivity index (χ0n) is 13.9. The smallest absolute Gasteiger partial charge is 0.410 e. The minimum absolute atomic E-state index is 0.0912. The number of aromatic nitrogens is 2. The van der Waals surface area contributed by atoms with Crippen molar-refractivity contribution in [1.29, 1.82) is 0 Å². The third-order valence-electron chi connectivity index (χ3n) is 3.98. The molecule has 7 heteroatoms. The number of aryl methyl sites for hydroxylation is 1. The summed E-state index contributed by atoms with van der Waals surface area (Å²) in [5.41, 5.74) is 2.42. The lowest BCUT2D eigenvalue weighted by Gasteiger charge is -2.26. The second-order valence-corrected chi connectivity index (χ2v) is 6.91. The summed E-state index contributed by atoms with van der Waals surface area (Å²) in [6.45, 7) is 7.00. The van der Waals surface area contributed by atoms with Crippen molar-refractivity contribution in [3.63, 3.8) is 0 Å². The van der Waals surface area contributed by atoms with Gasteiger partial charge in [0, 0.05) is 45.0 Å². The molecule has 1 amide bonds. The van der Waals surface area contributed by atoms with E-state index in [2.05, 4.69) is 10.4 Å². The fraction of sp³-hybridized carbons (Fsp3) is 0.733. The number of amides is 1. The highest BCUT2D eigenvalue weighted by Gasteiger charge is 2.34. The van der Waals surface area contributed by atoms with Crippen LogP contribution >= 0.6 is 0 Å². The Morgan fingerprint density at radius 3 is 2.86 bits per heavy atom. The monoisotopic (exact) mass is 309 g/mol. The first-order valence-corrected chi connectivity index (χ1v) is 7.70. The largest absolute Gasteiger partial charge is 0.444 e. The van der Waals surface area contributed by atoms with Gasteiger partial charge in [0.25, 0.3) is 0 Å². The number of likely N-dealkylation sites (tertiary alicyclic amines) is 1. The molecule has 1 saturated heterocycles. The van der Waals surface area contributed by atoms with Gasteiger partial charge in [-0.3, -0.25) is 11.3 Å². The van der Waals surface area contributed by atoms with Gasteiger partial charge in [-0.15, -0.1) is 0 Å². The first kappa shape index (κ1) is 16.8. The number of hydrazine groups is 1. The molecule has 0 spiro atoms. The van der Waals surface area contributed by atoms with Crippen molar-refractivity contribution in [2.24, 2.45) is 18.8 Å². The zero-order valence-corrected chi connectivity index (χ0v) is 13.9. The number of carbonyl (C=O) groups is 1. The highest BCUT2D eigenvalue weighted by Crippen LogP contribution is 2.23. The van der Waals surface area contributed by atoms with Gasteiger partial charge in [-0.05, 0) is 33.1 Å². The van der Waals surface area contributed by atoms with E-state index in [-0.39, 0.29) is 12.1 Å². The normalized spacial score (nSPS) is 20.2. The average molecular weight is 309 g/mol. The lowest BCUT2D eigenvalue weighted by molar-refractivity contribution is 0.0285. The number of hydrogen-bond acceptors (Lipinski definition) is 5. The van der Waals surface area contributed by atoms with E-state index in [0.29, 0.717) is 19.0 Å². The Hall–Kier alpha value is -1.60. The van der Waals surface area contributed by atoms with Crippen molar-refractivity contribution in [2.45, 2.75) is 45.3 Å². The van der Waals surface area contributed by atoms with Crippen molar-refractivity contribution in [2.75, 3.05) is 13.1 Å². The number of rotatable bonds is 4. The number of nitrogens with two attached hydrogens (primary N) is 1. The van der Waals surface area contributed by atoms with Crippen LogP contribution in [0.5, 0.6) is 0 Å². The maximum absolute atomic E-state index is 12.1. The second-order valence-electron chi connectivity index (χ2n) is 6.91. The molecule has 22 heavy (non-hydrogen) atoms. The van der Waals surface area contributed by atoms with E-state index in [4.69, 9.17) is 10.6 Å². The molecule has 0 aromatic carbocycles. The van der Waals surface area contributed by atoms with Gasteiger partial charge in [0.1, 0.15) is 11.4 Å². The molecular formula is C15H27N5O2. The van der Waals surface area contributed by atoms with Crippen LogP contribution in [-0.2, 0) is 18.2 Å². The SMILES string of the molecule is Cn1ccnc1CC(NN)C1CCN(C(=O)OC(C)(C)C)C1. The van der Waals surface area contributed by atoms with Crippen LogP contribution in [0.4, 0.5) is 4.79 Å². The summed E-state index contributed by atoms with van der Waals surface area (Å²) in [4.78, 5) is 18.2. The van der Waals surface area contributed by atoms with Gasteiger partial charge in [0.2, 0.25) is 0 Å². The summed E-state index contributed by atoms with van der Waals surface area (Å²) < 4.78 is 7.42. The van der Waals surface area contributed by atoms with Gasteiger partial charge in [0.05, 0.1) is 0 Å². The molecule has 0 aliphatic carbocycles. The fourth-order valence-corrected chi connectivity index (χ4v) is 2.76. The standard InChI is InChI=1S/C15H27N5O2/c1-15(2,3)22-14(21)20-7-5-11(10-20)12(18-16)9-13-17-6-8-19(13)4/h6,8,11-12,18H,5,7,9-10,16H2,1-4H3. The maximum atomic E-state index is 12.1. The van der Waals surface area contributed by atoms with Gasteiger partial charge in [-0.2, -0.15) is 0 Å². The number of hydrogen-bond donors (Lipinski definition) is 2. The minimum atomic E-state index is -0.465. The van der Waals surface area contributed by atoms with Crippen LogP contribution in [0.1, 0.15) is 33.0 Å². The Balaban J connectivity index is 1.93. The predicted octanol–water partition coefficient (Wildman–Crippen LogP) is 1.05. The van der Waals surface area contributed by atoms with Gasteiger partial charge in [-0.1, -0.05) is 0 Å². The van der Waals surface area contributed by atoms with Crippen LogP contribution < -0.4 is 11.3 Å². The first-order valence-electron chi connectivity index (χ1n) is 7.70. The van der Waals surface area contributed by atoms with Gasteiger partial charge in [0.15, 0.2) is 0 Å². The third-order valence-corrected chi connectivity index (χ3v) is 3.98. The topological polar surface area (TPSA) is 85.4 Å². The Kier molecular flexibility index (Phi) is 5.08. The first-order chi connectivity index (χ1) is 10.3. The predicted molar refractivity (Wildman–Crippen MR) is 83.9 cm³/mol. The minimum Gasteiger partial charge on any atom is -0.444 e. The Labute approximate surface area is 131 Å². The summed E-state index contributed by atoms with van der Waals surface area (Å²) in [5.74, 6) is 7.01. The Morgan fingerprint density at radius 1 is 1.59 bits per heavy atom. The van der Waals surface area contributed by atoms with E-state index in [0.717, 1.165) is 18.7 Å². The molecule has 7 nitrogen and oxygen atoms in total. The highest BCUT2D eigenvalue weighted by molar-refractivity contribution is 5.68. The molecule has 1 aliphatic rings. The van der Waals surface area contributed by atoms with Gasteiger partial charge in [-0.25, -0.2) is 9.78 Å². The van der Waals surface area contributed by atoms with Crippen LogP contribution in [0.25, 0.3) is 0 Å². The summed E-state index contributed by atoms with van der Waals surface area (Å²) in [7, 11) is 1.97. The van der Waals surface area contributed by atoms with Crippen LogP contribution in [0.15, 0.2) is 12.4 Å². The zero-order chi connectivity index (χ0) is 16.3. The molecule has 1 fully saturated rings. The summed E-state index contributed by atoms with van der Waals surface area (Å²) in [6, 6.07) is 0.0912. The average Bonchev–Trinajstić information content (AvgIpc) is 3.03. The van der Waals surface area contributed by atoms with E-state index < -0.39 is 5.60 Å². The Morgan fingerprint density at radius 2 is 2.32 bits per heavy atom. The molecule has 3 N–H and O–H groups in total. The maximum Gasteiger partial charge on any atom is 0.410 e. The number of carbonyl (C=O) groups excluding carboxylic acids is 1. The number of nitrogens with one attached hydrogen (secondary N) is 1. The molecular weight excluding hydrogens is 282 g/mol. The molecule has 2 heterocycles. The van der Waals surface area contributed by atoms with Gasteiger partial charge < -0.3 is 14.2 Å². The molecule has 2 unspecified atom stereocenters. The lowest BCUT2D eigenvalue weighted by Crippen LogP contribution is -2.44. The van der Waals surface area contributed by atoms with Crippen molar-refractivity contribution < 1.29 is 9.53 Å². The number of nitrogens with zero attached hydrogens (tertiary/aromatic N) is 3. The van der Waals surface area contributed by atoms with Crippen molar-refractivity contribution >= 4 is 6.09 Å². The summed E-state index contributed by atoms with van der Waals surface area (Å²) in [6.07, 6.45) is 5.11. The van der Waals surface area contributed by atoms with Crippen LogP contribution in [0.3, 0.4) is 0 Å². The molecule has 2 atom stereocenters. The van der Waals surface area contributed by atoms with E-state index >= 15 is 0 Å². The van der Waals surface area contributed by atoms with Crippen molar-refractivity contribution in [3.8, 4) is 0 Å². The van der Waals surface area contributed by atoms with Crippen LogP contribution in [0, 0.1) is 5.92 Å². The fourth-order valence-electron chi connectivity index (χ4n) is 2.76. The molecule has 1 aromatic rings. The lowest BCUT2D eigenvalue weighted by atomic mass is 9.96. The number of ether oxygens (including phenoxy) is 1. The molecule has 0 bridgehead atoms. The molecule has 124 valence electrons. The Bertz CT molecular complexity index is 508. The number of imidazole rings is 1. The molecule has 0 radical (unpaired) electrons. The molecule has 0 saturated carbocycles. The van der Waals surface area contributed by atoms with Crippen molar-refractivity contribution in [1.82, 2.24) is 19.9 Å². The molecule has 2 rings (SSSR count).